The van der Waals surface area contributed by atoms with E-state index in [9.17, 15) is 4.79 Å². The molecular formula is C11H15N3O. The molecule has 0 saturated carbocycles. The SMILES string of the molecule is C[C@H](N)c1ccc2c(c1)n(C)c(=O)n2C. The van der Waals surface area contributed by atoms with Gasteiger partial charge in [0.05, 0.1) is 11.0 Å². The summed E-state index contributed by atoms with van der Waals surface area (Å²) in [6, 6.07) is 5.87. The molecule has 2 aromatic rings. The average Bonchev–Trinajstić information content (AvgIpc) is 2.44. The van der Waals surface area contributed by atoms with Gasteiger partial charge in [-0.05, 0) is 24.6 Å². The van der Waals surface area contributed by atoms with Crippen molar-refractivity contribution >= 4 is 11.0 Å². The predicted octanol–water partition coefficient (Wildman–Crippen LogP) is 0.897. The van der Waals surface area contributed by atoms with Gasteiger partial charge in [-0.15, -0.1) is 0 Å². The number of hydrogen-bond donors (Lipinski definition) is 1. The maximum Gasteiger partial charge on any atom is 0.328 e. The predicted molar refractivity (Wildman–Crippen MR) is 60.8 cm³/mol. The van der Waals surface area contributed by atoms with Gasteiger partial charge in [0.15, 0.2) is 0 Å². The van der Waals surface area contributed by atoms with Gasteiger partial charge in [0, 0.05) is 20.1 Å². The number of imidazole rings is 1. The third-order valence-electron chi connectivity index (χ3n) is 2.82. The third-order valence-corrected chi connectivity index (χ3v) is 2.82. The van der Waals surface area contributed by atoms with Gasteiger partial charge in [0.25, 0.3) is 0 Å². The molecule has 1 aromatic heterocycles. The molecule has 0 aliphatic carbocycles. The summed E-state index contributed by atoms with van der Waals surface area (Å²) in [7, 11) is 3.55. The fraction of sp³-hybridized carbons (Fsp3) is 0.364. The largest absolute Gasteiger partial charge is 0.328 e. The zero-order valence-electron chi connectivity index (χ0n) is 9.19. The molecular weight excluding hydrogens is 190 g/mol. The lowest BCUT2D eigenvalue weighted by Gasteiger charge is -2.05. The Kier molecular flexibility index (Phi) is 2.16. The summed E-state index contributed by atoms with van der Waals surface area (Å²) in [5, 5.41) is 0. The maximum absolute atomic E-state index is 11.7. The Morgan fingerprint density at radius 3 is 2.40 bits per heavy atom. The number of benzene rings is 1. The highest BCUT2D eigenvalue weighted by Crippen LogP contribution is 2.17. The lowest BCUT2D eigenvalue weighted by Crippen LogP contribution is -2.19. The molecule has 0 radical (unpaired) electrons. The number of aryl methyl sites for hydroxylation is 2. The van der Waals surface area contributed by atoms with E-state index in [2.05, 4.69) is 0 Å². The first-order valence-corrected chi connectivity index (χ1v) is 4.93. The van der Waals surface area contributed by atoms with Crippen molar-refractivity contribution in [2.24, 2.45) is 19.8 Å². The number of aromatic nitrogens is 2. The molecule has 0 amide bonds. The Hall–Kier alpha value is -1.55. The van der Waals surface area contributed by atoms with Crippen molar-refractivity contribution < 1.29 is 0 Å². The Morgan fingerprint density at radius 2 is 1.80 bits per heavy atom. The van der Waals surface area contributed by atoms with Crippen LogP contribution >= 0.6 is 0 Å². The monoisotopic (exact) mass is 205 g/mol. The molecule has 1 atom stereocenters. The molecule has 0 saturated heterocycles. The van der Waals surface area contributed by atoms with Gasteiger partial charge in [-0.1, -0.05) is 6.07 Å². The summed E-state index contributed by atoms with van der Waals surface area (Å²) in [6.07, 6.45) is 0. The van der Waals surface area contributed by atoms with Crippen LogP contribution in [0.15, 0.2) is 23.0 Å². The number of rotatable bonds is 1. The number of nitrogens with two attached hydrogens (primary N) is 1. The molecule has 4 nitrogen and oxygen atoms in total. The number of hydrogen-bond acceptors (Lipinski definition) is 2. The Labute approximate surface area is 87.9 Å². The molecule has 0 fully saturated rings. The molecule has 1 aromatic carbocycles. The lowest BCUT2D eigenvalue weighted by molar-refractivity contribution is 0.794. The van der Waals surface area contributed by atoms with Gasteiger partial charge >= 0.3 is 5.69 Å². The van der Waals surface area contributed by atoms with E-state index in [1.165, 1.54) is 0 Å². The van der Waals surface area contributed by atoms with Crippen molar-refractivity contribution in [2.75, 3.05) is 0 Å². The zero-order chi connectivity index (χ0) is 11.2. The molecule has 2 N–H and O–H groups in total. The van der Waals surface area contributed by atoms with Crippen LogP contribution in [-0.2, 0) is 14.1 Å². The molecule has 4 heteroatoms. The van der Waals surface area contributed by atoms with Crippen molar-refractivity contribution in [1.29, 1.82) is 0 Å². The minimum Gasteiger partial charge on any atom is -0.324 e. The minimum atomic E-state index is -0.00953. The Bertz CT molecular complexity index is 563. The van der Waals surface area contributed by atoms with E-state index >= 15 is 0 Å². The van der Waals surface area contributed by atoms with Gasteiger partial charge in [0.1, 0.15) is 0 Å². The van der Waals surface area contributed by atoms with Crippen LogP contribution in [0.3, 0.4) is 0 Å². The van der Waals surface area contributed by atoms with Crippen LogP contribution < -0.4 is 11.4 Å². The molecule has 0 aliphatic heterocycles. The summed E-state index contributed by atoms with van der Waals surface area (Å²) in [4.78, 5) is 11.7. The summed E-state index contributed by atoms with van der Waals surface area (Å²) in [6.45, 7) is 1.93. The quantitative estimate of drug-likeness (QED) is 0.752. The molecule has 1 heterocycles. The van der Waals surface area contributed by atoms with Crippen molar-refractivity contribution in [3.05, 3.63) is 34.2 Å². The Balaban J connectivity index is 2.83. The first kappa shape index (κ1) is 9.98. The second-order valence-electron chi connectivity index (χ2n) is 3.94. The van der Waals surface area contributed by atoms with Gasteiger partial charge < -0.3 is 5.73 Å². The van der Waals surface area contributed by atoms with E-state index in [1.54, 1.807) is 23.2 Å². The third kappa shape index (κ3) is 1.37. The van der Waals surface area contributed by atoms with Crippen LogP contribution in [-0.4, -0.2) is 9.13 Å². The van der Waals surface area contributed by atoms with Gasteiger partial charge in [-0.3, -0.25) is 9.13 Å². The summed E-state index contributed by atoms with van der Waals surface area (Å²) >= 11 is 0. The highest BCUT2D eigenvalue weighted by atomic mass is 16.1. The van der Waals surface area contributed by atoms with Gasteiger partial charge in [0.2, 0.25) is 0 Å². The van der Waals surface area contributed by atoms with Crippen molar-refractivity contribution in [1.82, 2.24) is 9.13 Å². The zero-order valence-corrected chi connectivity index (χ0v) is 9.19. The van der Waals surface area contributed by atoms with Crippen molar-refractivity contribution in [3.63, 3.8) is 0 Å². The van der Waals surface area contributed by atoms with Gasteiger partial charge in [-0.25, -0.2) is 4.79 Å². The molecule has 0 bridgehead atoms. The number of fused-ring (bicyclic) bond motifs is 1. The van der Waals surface area contributed by atoms with Crippen LogP contribution in [0, 0.1) is 0 Å². The smallest absolute Gasteiger partial charge is 0.324 e. The molecule has 0 spiro atoms. The molecule has 0 unspecified atom stereocenters. The first-order chi connectivity index (χ1) is 7.02. The van der Waals surface area contributed by atoms with E-state index in [0.29, 0.717) is 0 Å². The highest BCUT2D eigenvalue weighted by Gasteiger charge is 2.08. The van der Waals surface area contributed by atoms with Crippen molar-refractivity contribution in [3.8, 4) is 0 Å². The lowest BCUT2D eigenvalue weighted by atomic mass is 10.1. The fourth-order valence-electron chi connectivity index (χ4n) is 1.81. The van der Waals surface area contributed by atoms with Crippen LogP contribution in [0.5, 0.6) is 0 Å². The van der Waals surface area contributed by atoms with E-state index in [1.807, 2.05) is 25.1 Å². The summed E-state index contributed by atoms with van der Waals surface area (Å²) < 4.78 is 3.28. The maximum atomic E-state index is 11.7. The molecule has 0 aliphatic rings. The second kappa shape index (κ2) is 3.24. The fourth-order valence-corrected chi connectivity index (χ4v) is 1.81. The average molecular weight is 205 g/mol. The standard InChI is InChI=1S/C11H15N3O/c1-7(12)8-4-5-9-10(6-8)14(3)11(15)13(9)2/h4-7H,12H2,1-3H3/t7-/m0/s1. The molecule has 80 valence electrons. The summed E-state index contributed by atoms with van der Waals surface area (Å²) in [5.41, 5.74) is 8.71. The van der Waals surface area contributed by atoms with Crippen LogP contribution in [0.4, 0.5) is 0 Å². The van der Waals surface area contributed by atoms with E-state index in [0.717, 1.165) is 16.6 Å². The van der Waals surface area contributed by atoms with Crippen LogP contribution in [0.25, 0.3) is 11.0 Å². The normalized spacial score (nSPS) is 13.3. The number of nitrogens with zero attached hydrogens (tertiary/aromatic N) is 2. The summed E-state index contributed by atoms with van der Waals surface area (Å²) in [5.74, 6) is 0. The molecule has 15 heavy (non-hydrogen) atoms. The highest BCUT2D eigenvalue weighted by molar-refractivity contribution is 5.76. The van der Waals surface area contributed by atoms with Gasteiger partial charge in [-0.2, -0.15) is 0 Å². The van der Waals surface area contributed by atoms with Crippen LogP contribution in [0.1, 0.15) is 18.5 Å². The Morgan fingerprint density at radius 1 is 1.20 bits per heavy atom. The van der Waals surface area contributed by atoms with E-state index < -0.39 is 0 Å². The minimum absolute atomic E-state index is 0.00757. The van der Waals surface area contributed by atoms with Crippen molar-refractivity contribution in [2.45, 2.75) is 13.0 Å². The van der Waals surface area contributed by atoms with E-state index in [4.69, 9.17) is 5.73 Å². The van der Waals surface area contributed by atoms with E-state index in [-0.39, 0.29) is 11.7 Å². The van der Waals surface area contributed by atoms with Crippen LogP contribution in [0.2, 0.25) is 0 Å². The second-order valence-corrected chi connectivity index (χ2v) is 3.94. The molecule has 2 rings (SSSR count). The topological polar surface area (TPSA) is 52.9 Å². The first-order valence-electron chi connectivity index (χ1n) is 4.93.